The van der Waals surface area contributed by atoms with Crippen molar-refractivity contribution in [2.24, 2.45) is 10.9 Å². The van der Waals surface area contributed by atoms with Gasteiger partial charge in [-0.05, 0) is 62.1 Å². The fourth-order valence-electron chi connectivity index (χ4n) is 4.15. The van der Waals surface area contributed by atoms with Gasteiger partial charge in [0.25, 0.3) is 5.56 Å². The SMILES string of the molecule is CC(C)C(C)N=C(Nc1ccc2c(=O)n(CCc3ccc(Cl)cc3Cl)cnc2c1)N1CCN[C@@H](C)C1. The molecule has 7 nitrogen and oxygen atoms in total. The molecule has 1 aliphatic rings. The average Bonchev–Trinajstić information content (AvgIpc) is 2.84. The molecule has 0 radical (unpaired) electrons. The zero-order chi connectivity index (χ0) is 25.8. The minimum absolute atomic E-state index is 0.0742. The molecule has 4 rings (SSSR count). The number of piperazine rings is 1. The Balaban J connectivity index is 1.55. The summed E-state index contributed by atoms with van der Waals surface area (Å²) in [5.74, 6) is 1.29. The summed E-state index contributed by atoms with van der Waals surface area (Å²) >= 11 is 12.3. The van der Waals surface area contributed by atoms with Crippen molar-refractivity contribution in [2.75, 3.05) is 25.0 Å². The number of hydrogen-bond donors (Lipinski definition) is 2. The molecule has 2 heterocycles. The highest BCUT2D eigenvalue weighted by atomic mass is 35.5. The fourth-order valence-corrected chi connectivity index (χ4v) is 4.65. The van der Waals surface area contributed by atoms with Crippen molar-refractivity contribution in [1.82, 2.24) is 19.8 Å². The number of hydrogen-bond acceptors (Lipinski definition) is 4. The van der Waals surface area contributed by atoms with Crippen molar-refractivity contribution in [1.29, 1.82) is 0 Å². The van der Waals surface area contributed by atoms with Crippen LogP contribution in [0.4, 0.5) is 5.69 Å². The van der Waals surface area contributed by atoms with Gasteiger partial charge in [-0.15, -0.1) is 0 Å². The smallest absolute Gasteiger partial charge is 0.261 e. The molecular formula is C27H34Cl2N6O. The van der Waals surface area contributed by atoms with Crippen molar-refractivity contribution in [3.05, 3.63) is 68.7 Å². The highest BCUT2D eigenvalue weighted by Gasteiger charge is 2.21. The highest BCUT2D eigenvalue weighted by Crippen LogP contribution is 2.22. The maximum atomic E-state index is 13.1. The topological polar surface area (TPSA) is 74.5 Å². The molecule has 1 saturated heterocycles. The van der Waals surface area contributed by atoms with Crippen LogP contribution in [0.15, 0.2) is 52.5 Å². The van der Waals surface area contributed by atoms with Gasteiger partial charge in [0.15, 0.2) is 5.96 Å². The van der Waals surface area contributed by atoms with Crippen LogP contribution in [0.25, 0.3) is 10.9 Å². The van der Waals surface area contributed by atoms with Crippen molar-refractivity contribution >= 4 is 45.8 Å². The summed E-state index contributed by atoms with van der Waals surface area (Å²) < 4.78 is 1.62. The number of nitrogens with one attached hydrogen (secondary N) is 2. The molecule has 36 heavy (non-hydrogen) atoms. The predicted octanol–water partition coefficient (Wildman–Crippen LogP) is 5.05. The molecule has 1 fully saturated rings. The molecule has 9 heteroatoms. The first-order valence-electron chi connectivity index (χ1n) is 12.5. The molecule has 2 aromatic carbocycles. The summed E-state index contributed by atoms with van der Waals surface area (Å²) in [7, 11) is 0. The maximum absolute atomic E-state index is 13.1. The van der Waals surface area contributed by atoms with Crippen molar-refractivity contribution in [2.45, 2.75) is 52.7 Å². The summed E-state index contributed by atoms with van der Waals surface area (Å²) in [5.41, 5.74) is 2.38. The molecule has 2 N–H and O–H groups in total. The Labute approximate surface area is 222 Å². The number of aryl methyl sites for hydroxylation is 2. The molecule has 0 aliphatic carbocycles. The lowest BCUT2D eigenvalue weighted by Crippen LogP contribution is -2.53. The van der Waals surface area contributed by atoms with E-state index >= 15 is 0 Å². The van der Waals surface area contributed by atoms with Gasteiger partial charge in [0.05, 0.1) is 23.3 Å². The minimum atomic E-state index is -0.0742. The summed E-state index contributed by atoms with van der Waals surface area (Å²) in [5, 5.41) is 8.77. The zero-order valence-corrected chi connectivity index (χ0v) is 22.8. The molecule has 0 amide bonds. The molecule has 0 bridgehead atoms. The largest absolute Gasteiger partial charge is 0.340 e. The van der Waals surface area contributed by atoms with E-state index in [0.717, 1.165) is 36.8 Å². The van der Waals surface area contributed by atoms with Crippen LogP contribution >= 0.6 is 23.2 Å². The molecule has 0 spiro atoms. The monoisotopic (exact) mass is 528 g/mol. The first-order valence-corrected chi connectivity index (χ1v) is 13.2. The quantitative estimate of drug-likeness (QED) is 0.345. The Hall–Kier alpha value is -2.61. The number of anilines is 1. The van der Waals surface area contributed by atoms with E-state index in [9.17, 15) is 4.79 Å². The Morgan fingerprint density at radius 3 is 2.75 bits per heavy atom. The van der Waals surface area contributed by atoms with Gasteiger partial charge in [0.1, 0.15) is 0 Å². The van der Waals surface area contributed by atoms with Crippen molar-refractivity contribution in [3.8, 4) is 0 Å². The van der Waals surface area contributed by atoms with E-state index in [0.29, 0.717) is 45.9 Å². The summed E-state index contributed by atoms with van der Waals surface area (Å²) in [4.78, 5) is 25.0. The van der Waals surface area contributed by atoms with Gasteiger partial charge >= 0.3 is 0 Å². The minimum Gasteiger partial charge on any atom is -0.340 e. The first-order chi connectivity index (χ1) is 17.2. The van der Waals surface area contributed by atoms with Crippen LogP contribution in [-0.4, -0.2) is 52.1 Å². The predicted molar refractivity (Wildman–Crippen MR) is 151 cm³/mol. The Morgan fingerprint density at radius 2 is 2.03 bits per heavy atom. The van der Waals surface area contributed by atoms with E-state index in [-0.39, 0.29) is 11.6 Å². The van der Waals surface area contributed by atoms with Crippen LogP contribution < -0.4 is 16.2 Å². The number of nitrogens with zero attached hydrogens (tertiary/aromatic N) is 4. The van der Waals surface area contributed by atoms with E-state index in [2.05, 4.69) is 48.2 Å². The van der Waals surface area contributed by atoms with E-state index in [1.54, 1.807) is 23.0 Å². The van der Waals surface area contributed by atoms with Crippen LogP contribution in [0.2, 0.25) is 10.0 Å². The first kappa shape index (κ1) is 26.5. The van der Waals surface area contributed by atoms with Gasteiger partial charge in [-0.1, -0.05) is 43.1 Å². The second kappa shape index (κ2) is 11.6. The lowest BCUT2D eigenvalue weighted by atomic mass is 10.1. The fraction of sp³-hybridized carbons (Fsp3) is 0.444. The van der Waals surface area contributed by atoms with Crippen molar-refractivity contribution < 1.29 is 0 Å². The van der Waals surface area contributed by atoms with Crippen LogP contribution in [-0.2, 0) is 13.0 Å². The van der Waals surface area contributed by atoms with Gasteiger partial charge in [-0.3, -0.25) is 9.36 Å². The van der Waals surface area contributed by atoms with E-state index in [4.69, 9.17) is 28.2 Å². The standard InChI is InChI=1S/C27H34Cl2N6O/c1-17(2)19(4)32-27(34-12-10-30-18(3)15-34)33-22-7-8-23-25(14-22)31-16-35(26(23)36)11-9-20-5-6-21(28)13-24(20)29/h5-8,13-14,16-19,30H,9-12,15H2,1-4H3,(H,32,33)/t18-,19?/m0/s1. The second-order valence-corrected chi connectivity index (χ2v) is 10.7. The summed E-state index contributed by atoms with van der Waals surface area (Å²) in [6, 6.07) is 11.7. The van der Waals surface area contributed by atoms with Gasteiger partial charge in [-0.25, -0.2) is 9.98 Å². The number of aromatic nitrogens is 2. The van der Waals surface area contributed by atoms with Gasteiger partial charge < -0.3 is 15.5 Å². The molecule has 1 aliphatic heterocycles. The molecular weight excluding hydrogens is 495 g/mol. The third kappa shape index (κ3) is 6.38. The average molecular weight is 530 g/mol. The molecule has 1 unspecified atom stereocenters. The van der Waals surface area contributed by atoms with E-state index < -0.39 is 0 Å². The van der Waals surface area contributed by atoms with E-state index in [1.165, 1.54) is 0 Å². The van der Waals surface area contributed by atoms with Gasteiger partial charge in [0, 0.05) is 48.0 Å². The van der Waals surface area contributed by atoms with Crippen LogP contribution in [0, 0.1) is 5.92 Å². The number of rotatable bonds is 6. The number of guanidine groups is 1. The third-order valence-corrected chi connectivity index (χ3v) is 7.26. The van der Waals surface area contributed by atoms with Crippen LogP contribution in [0.5, 0.6) is 0 Å². The van der Waals surface area contributed by atoms with Gasteiger partial charge in [-0.2, -0.15) is 0 Å². The highest BCUT2D eigenvalue weighted by molar-refractivity contribution is 6.35. The number of halogens is 2. The second-order valence-electron chi connectivity index (χ2n) is 9.82. The Bertz CT molecular complexity index is 1310. The lowest BCUT2D eigenvalue weighted by Gasteiger charge is -2.35. The normalized spacial score (nSPS) is 17.6. The molecule has 192 valence electrons. The van der Waals surface area contributed by atoms with Gasteiger partial charge in [0.2, 0.25) is 0 Å². The molecule has 1 aromatic heterocycles. The van der Waals surface area contributed by atoms with Crippen LogP contribution in [0.3, 0.4) is 0 Å². The Morgan fingerprint density at radius 1 is 1.22 bits per heavy atom. The number of aliphatic imine (C=N–C) groups is 1. The summed E-state index contributed by atoms with van der Waals surface area (Å²) in [6.45, 7) is 11.8. The number of fused-ring (bicyclic) bond motifs is 1. The zero-order valence-electron chi connectivity index (χ0n) is 21.3. The third-order valence-electron chi connectivity index (χ3n) is 6.68. The van der Waals surface area contributed by atoms with E-state index in [1.807, 2.05) is 24.3 Å². The molecule has 2 atom stereocenters. The number of benzene rings is 2. The Kier molecular flexibility index (Phi) is 8.54. The molecule has 0 saturated carbocycles. The summed E-state index contributed by atoms with van der Waals surface area (Å²) in [6.07, 6.45) is 2.21. The van der Waals surface area contributed by atoms with Crippen LogP contribution in [0.1, 0.15) is 33.3 Å². The van der Waals surface area contributed by atoms with Crippen molar-refractivity contribution in [3.63, 3.8) is 0 Å². The lowest BCUT2D eigenvalue weighted by molar-refractivity contribution is 0.300. The molecule has 3 aromatic rings. The maximum Gasteiger partial charge on any atom is 0.261 e.